The molecule has 2 unspecified atom stereocenters. The molecule has 0 spiro atoms. The second kappa shape index (κ2) is 3.61. The average Bonchev–Trinajstić information content (AvgIpc) is 2.71. The highest BCUT2D eigenvalue weighted by atomic mass is 16.5. The number of aromatic amines is 1. The lowest BCUT2D eigenvalue weighted by Gasteiger charge is -2.12. The number of H-pyrrole nitrogens is 1. The predicted octanol–water partition coefficient (Wildman–Crippen LogP) is 1.16. The van der Waals surface area contributed by atoms with Crippen LogP contribution in [-0.2, 0) is 4.74 Å². The Morgan fingerprint density at radius 1 is 1.64 bits per heavy atom. The summed E-state index contributed by atoms with van der Waals surface area (Å²) >= 11 is 0. The Kier molecular flexibility index (Phi) is 2.46. The first-order valence-corrected chi connectivity index (χ1v) is 5.05. The van der Waals surface area contributed by atoms with Gasteiger partial charge in [-0.3, -0.25) is 4.57 Å². The number of rotatable bonds is 2. The summed E-state index contributed by atoms with van der Waals surface area (Å²) in [6, 6.07) is 0.209. The first-order chi connectivity index (χ1) is 6.68. The van der Waals surface area contributed by atoms with Gasteiger partial charge in [0.05, 0.1) is 18.8 Å². The fourth-order valence-corrected chi connectivity index (χ4v) is 1.92. The van der Waals surface area contributed by atoms with E-state index < -0.39 is 0 Å². The van der Waals surface area contributed by atoms with E-state index in [2.05, 4.69) is 18.8 Å². The molecule has 2 atom stereocenters. The highest BCUT2D eigenvalue weighted by Gasteiger charge is 2.29. The number of imidazole rings is 1. The minimum Gasteiger partial charge on any atom is -0.376 e. The molecule has 1 aliphatic rings. The number of aromatic nitrogens is 2. The lowest BCUT2D eigenvalue weighted by Crippen LogP contribution is -2.22. The van der Waals surface area contributed by atoms with Crippen LogP contribution in [0.1, 0.15) is 26.3 Å². The van der Waals surface area contributed by atoms with E-state index in [9.17, 15) is 4.79 Å². The van der Waals surface area contributed by atoms with Gasteiger partial charge in [-0.2, -0.15) is 0 Å². The third-order valence-electron chi connectivity index (χ3n) is 2.82. The van der Waals surface area contributed by atoms with Crippen LogP contribution in [-0.4, -0.2) is 22.3 Å². The maximum Gasteiger partial charge on any atom is 0.325 e. The molecule has 0 aliphatic carbocycles. The molecule has 1 fully saturated rings. The summed E-state index contributed by atoms with van der Waals surface area (Å²) in [6.45, 7) is 4.94. The van der Waals surface area contributed by atoms with E-state index in [-0.39, 0.29) is 11.7 Å². The Bertz CT molecular complexity index is 353. The summed E-state index contributed by atoms with van der Waals surface area (Å²) in [7, 11) is 0. The molecule has 4 nitrogen and oxygen atoms in total. The van der Waals surface area contributed by atoms with E-state index in [1.807, 2.05) is 0 Å². The third-order valence-corrected chi connectivity index (χ3v) is 2.82. The van der Waals surface area contributed by atoms with Crippen LogP contribution in [0.2, 0.25) is 0 Å². The zero-order valence-corrected chi connectivity index (χ0v) is 8.56. The van der Waals surface area contributed by atoms with Crippen molar-refractivity contribution in [2.75, 3.05) is 6.61 Å². The molecule has 0 amide bonds. The van der Waals surface area contributed by atoms with Crippen molar-refractivity contribution in [1.29, 1.82) is 0 Å². The Balaban J connectivity index is 2.10. The van der Waals surface area contributed by atoms with Gasteiger partial charge in [-0.15, -0.1) is 0 Å². The molecule has 1 N–H and O–H groups in total. The van der Waals surface area contributed by atoms with Crippen molar-refractivity contribution in [3.63, 3.8) is 0 Å². The summed E-state index contributed by atoms with van der Waals surface area (Å²) in [6.07, 6.45) is 4.70. The summed E-state index contributed by atoms with van der Waals surface area (Å²) < 4.78 is 7.36. The van der Waals surface area contributed by atoms with Crippen LogP contribution < -0.4 is 5.69 Å². The molecule has 14 heavy (non-hydrogen) atoms. The molecule has 1 aromatic heterocycles. The molecular formula is C10H16N2O2. The van der Waals surface area contributed by atoms with Gasteiger partial charge in [0.25, 0.3) is 0 Å². The Hall–Kier alpha value is -1.03. The van der Waals surface area contributed by atoms with E-state index in [1.165, 1.54) is 0 Å². The minimum atomic E-state index is -0.0389. The zero-order chi connectivity index (χ0) is 10.1. The van der Waals surface area contributed by atoms with Crippen LogP contribution in [0.25, 0.3) is 0 Å². The van der Waals surface area contributed by atoms with Crippen molar-refractivity contribution in [2.45, 2.75) is 32.4 Å². The van der Waals surface area contributed by atoms with Gasteiger partial charge in [0.15, 0.2) is 0 Å². The van der Waals surface area contributed by atoms with Crippen molar-refractivity contribution in [2.24, 2.45) is 5.92 Å². The second-order valence-electron chi connectivity index (χ2n) is 4.18. The summed E-state index contributed by atoms with van der Waals surface area (Å²) in [5, 5.41) is 0. The molecule has 1 aliphatic heterocycles. The Morgan fingerprint density at radius 3 is 2.93 bits per heavy atom. The third kappa shape index (κ3) is 1.62. The first-order valence-electron chi connectivity index (χ1n) is 5.05. The molecule has 0 bridgehead atoms. The molecule has 1 aromatic rings. The van der Waals surface area contributed by atoms with Crippen LogP contribution in [0.3, 0.4) is 0 Å². The predicted molar refractivity (Wildman–Crippen MR) is 53.3 cm³/mol. The highest BCUT2D eigenvalue weighted by Crippen LogP contribution is 2.27. The van der Waals surface area contributed by atoms with Crippen LogP contribution in [0, 0.1) is 5.92 Å². The number of hydrogen-bond acceptors (Lipinski definition) is 2. The molecule has 78 valence electrons. The van der Waals surface area contributed by atoms with Crippen LogP contribution in [0.4, 0.5) is 0 Å². The molecule has 2 heterocycles. The normalized spacial score (nSPS) is 27.4. The SMILES string of the molecule is CC(C)C1CC(n2cc[nH]c2=O)CO1. The van der Waals surface area contributed by atoms with Gasteiger partial charge >= 0.3 is 5.69 Å². The molecule has 1 saturated heterocycles. The summed E-state index contributed by atoms with van der Waals surface area (Å²) in [5.74, 6) is 0.523. The average molecular weight is 196 g/mol. The van der Waals surface area contributed by atoms with Gasteiger partial charge in [-0.1, -0.05) is 13.8 Å². The molecule has 2 rings (SSSR count). The van der Waals surface area contributed by atoms with Crippen molar-refractivity contribution in [3.05, 3.63) is 22.9 Å². The maximum atomic E-state index is 11.3. The monoisotopic (exact) mass is 196 g/mol. The lowest BCUT2D eigenvalue weighted by atomic mass is 10.0. The van der Waals surface area contributed by atoms with Gasteiger partial charge in [-0.25, -0.2) is 4.79 Å². The zero-order valence-electron chi connectivity index (χ0n) is 8.56. The van der Waals surface area contributed by atoms with Gasteiger partial charge < -0.3 is 9.72 Å². The molecule has 4 heteroatoms. The standard InChI is InChI=1S/C10H16N2O2/c1-7(2)9-5-8(6-14-9)12-4-3-11-10(12)13/h3-4,7-9H,5-6H2,1-2H3,(H,11,13). The number of hydrogen-bond donors (Lipinski definition) is 1. The van der Waals surface area contributed by atoms with E-state index in [0.29, 0.717) is 18.6 Å². The van der Waals surface area contributed by atoms with Crippen molar-refractivity contribution >= 4 is 0 Å². The van der Waals surface area contributed by atoms with Gasteiger partial charge in [-0.05, 0) is 12.3 Å². The van der Waals surface area contributed by atoms with Crippen molar-refractivity contribution in [1.82, 2.24) is 9.55 Å². The van der Waals surface area contributed by atoms with E-state index >= 15 is 0 Å². The van der Waals surface area contributed by atoms with E-state index in [0.717, 1.165) is 6.42 Å². The number of ether oxygens (including phenoxy) is 1. The van der Waals surface area contributed by atoms with E-state index in [4.69, 9.17) is 4.74 Å². The van der Waals surface area contributed by atoms with Gasteiger partial charge in [0, 0.05) is 12.4 Å². The summed E-state index contributed by atoms with van der Waals surface area (Å²) in [5.41, 5.74) is -0.0389. The maximum absolute atomic E-state index is 11.3. The fourth-order valence-electron chi connectivity index (χ4n) is 1.92. The Labute approximate surface area is 82.9 Å². The molecule has 0 radical (unpaired) electrons. The van der Waals surface area contributed by atoms with Crippen molar-refractivity contribution in [3.8, 4) is 0 Å². The Morgan fingerprint density at radius 2 is 2.43 bits per heavy atom. The largest absolute Gasteiger partial charge is 0.376 e. The topological polar surface area (TPSA) is 47.0 Å². The van der Waals surface area contributed by atoms with Crippen LogP contribution in [0.5, 0.6) is 0 Å². The first kappa shape index (κ1) is 9.52. The molecule has 0 aromatic carbocycles. The molecular weight excluding hydrogens is 180 g/mol. The van der Waals surface area contributed by atoms with Crippen LogP contribution in [0.15, 0.2) is 17.2 Å². The van der Waals surface area contributed by atoms with Crippen LogP contribution >= 0.6 is 0 Å². The van der Waals surface area contributed by atoms with Gasteiger partial charge in [0.2, 0.25) is 0 Å². The quantitative estimate of drug-likeness (QED) is 0.771. The highest BCUT2D eigenvalue weighted by molar-refractivity contribution is 4.86. The van der Waals surface area contributed by atoms with Gasteiger partial charge in [0.1, 0.15) is 0 Å². The smallest absolute Gasteiger partial charge is 0.325 e. The molecule has 0 saturated carbocycles. The van der Waals surface area contributed by atoms with Crippen molar-refractivity contribution < 1.29 is 4.74 Å². The second-order valence-corrected chi connectivity index (χ2v) is 4.18. The van der Waals surface area contributed by atoms with E-state index in [1.54, 1.807) is 17.0 Å². The lowest BCUT2D eigenvalue weighted by molar-refractivity contribution is 0.0733. The summed E-state index contributed by atoms with van der Waals surface area (Å²) in [4.78, 5) is 14.0. The number of nitrogens with zero attached hydrogens (tertiary/aromatic N) is 1. The minimum absolute atomic E-state index is 0.0389. The number of nitrogens with one attached hydrogen (secondary N) is 1. The fraction of sp³-hybridized carbons (Fsp3) is 0.700.